The molecule has 0 radical (unpaired) electrons. The van der Waals surface area contributed by atoms with Crippen LogP contribution in [0.4, 0.5) is 22.7 Å². The quantitative estimate of drug-likeness (QED) is 0.677. The van der Waals surface area contributed by atoms with Gasteiger partial charge < -0.3 is 10.6 Å². The number of hydrogen-bond acceptors (Lipinski definition) is 2. The molecule has 0 saturated carbocycles. The van der Waals surface area contributed by atoms with Gasteiger partial charge in [0.1, 0.15) is 0 Å². The molecule has 0 aliphatic rings. The average molecular weight is 274 g/mol. The van der Waals surface area contributed by atoms with Crippen molar-refractivity contribution in [2.45, 2.75) is 6.92 Å². The van der Waals surface area contributed by atoms with Crippen molar-refractivity contribution < 1.29 is 0 Å². The van der Waals surface area contributed by atoms with Crippen LogP contribution in [0.15, 0.2) is 78.9 Å². The Bertz CT molecular complexity index is 718. The van der Waals surface area contributed by atoms with Gasteiger partial charge in [-0.15, -0.1) is 0 Å². The van der Waals surface area contributed by atoms with Crippen LogP contribution >= 0.6 is 0 Å². The van der Waals surface area contributed by atoms with E-state index in [2.05, 4.69) is 48.2 Å². The maximum Gasteiger partial charge on any atom is 0.0691 e. The summed E-state index contributed by atoms with van der Waals surface area (Å²) >= 11 is 0. The van der Waals surface area contributed by atoms with Crippen molar-refractivity contribution in [2.75, 3.05) is 10.6 Å². The lowest BCUT2D eigenvalue weighted by atomic mass is 10.1. The highest BCUT2D eigenvalue weighted by Gasteiger charge is 2.13. The van der Waals surface area contributed by atoms with E-state index in [0.29, 0.717) is 0 Å². The molecule has 104 valence electrons. The number of anilines is 4. The number of nitrogens with two attached hydrogens (primary N) is 1. The Morgan fingerprint density at radius 1 is 0.667 bits per heavy atom. The Morgan fingerprint density at radius 2 is 1.24 bits per heavy atom. The van der Waals surface area contributed by atoms with Gasteiger partial charge in [-0.3, -0.25) is 0 Å². The maximum atomic E-state index is 6.18. The third kappa shape index (κ3) is 2.75. The Labute approximate surface area is 125 Å². The second-order valence-electron chi connectivity index (χ2n) is 5.07. The Hall–Kier alpha value is -2.74. The minimum atomic E-state index is 0.766. The molecule has 0 spiro atoms. The lowest BCUT2D eigenvalue weighted by Crippen LogP contribution is -2.11. The van der Waals surface area contributed by atoms with E-state index in [4.69, 9.17) is 5.73 Å². The number of benzene rings is 3. The summed E-state index contributed by atoms with van der Waals surface area (Å²) in [6.07, 6.45) is 0. The highest BCUT2D eigenvalue weighted by molar-refractivity contribution is 5.83. The summed E-state index contributed by atoms with van der Waals surface area (Å²) in [5.41, 5.74) is 11.4. The van der Waals surface area contributed by atoms with E-state index in [1.807, 2.05) is 42.5 Å². The highest BCUT2D eigenvalue weighted by atomic mass is 15.1. The summed E-state index contributed by atoms with van der Waals surface area (Å²) in [4.78, 5) is 2.18. The van der Waals surface area contributed by atoms with Crippen LogP contribution in [0, 0.1) is 6.92 Å². The maximum absolute atomic E-state index is 6.18. The van der Waals surface area contributed by atoms with Crippen LogP contribution in [-0.2, 0) is 0 Å². The van der Waals surface area contributed by atoms with Gasteiger partial charge in [-0.1, -0.05) is 48.0 Å². The number of hydrogen-bond donors (Lipinski definition) is 1. The summed E-state index contributed by atoms with van der Waals surface area (Å²) in [5.74, 6) is 0. The van der Waals surface area contributed by atoms with Crippen LogP contribution in [0.1, 0.15) is 5.56 Å². The molecule has 0 saturated heterocycles. The van der Waals surface area contributed by atoms with Gasteiger partial charge in [0.2, 0.25) is 0 Å². The van der Waals surface area contributed by atoms with Crippen molar-refractivity contribution in [3.8, 4) is 0 Å². The molecule has 3 rings (SSSR count). The van der Waals surface area contributed by atoms with Gasteiger partial charge in [0.15, 0.2) is 0 Å². The number of nitrogen functional groups attached to an aromatic ring is 1. The zero-order valence-electron chi connectivity index (χ0n) is 12.0. The zero-order chi connectivity index (χ0) is 14.7. The van der Waals surface area contributed by atoms with Crippen molar-refractivity contribution in [1.82, 2.24) is 0 Å². The summed E-state index contributed by atoms with van der Waals surface area (Å²) in [7, 11) is 0. The molecule has 2 heteroatoms. The molecule has 21 heavy (non-hydrogen) atoms. The molecule has 0 amide bonds. The summed E-state index contributed by atoms with van der Waals surface area (Å²) in [5, 5.41) is 0. The molecule has 2 N–H and O–H groups in total. The lowest BCUT2D eigenvalue weighted by Gasteiger charge is -2.26. The van der Waals surface area contributed by atoms with Gasteiger partial charge >= 0.3 is 0 Å². The number of para-hydroxylation sites is 3. The molecule has 0 aliphatic carbocycles. The molecule has 0 fully saturated rings. The van der Waals surface area contributed by atoms with Gasteiger partial charge in [-0.2, -0.15) is 0 Å². The van der Waals surface area contributed by atoms with Crippen LogP contribution in [0.25, 0.3) is 0 Å². The fourth-order valence-corrected chi connectivity index (χ4v) is 2.39. The monoisotopic (exact) mass is 274 g/mol. The first-order chi connectivity index (χ1) is 10.3. The molecule has 0 unspecified atom stereocenters. The van der Waals surface area contributed by atoms with Crippen LogP contribution in [0.2, 0.25) is 0 Å². The van der Waals surface area contributed by atoms with E-state index < -0.39 is 0 Å². The fourth-order valence-electron chi connectivity index (χ4n) is 2.39. The first kappa shape index (κ1) is 13.3. The average Bonchev–Trinajstić information content (AvgIpc) is 2.52. The Balaban J connectivity index is 2.16. The number of rotatable bonds is 3. The molecule has 0 aliphatic heterocycles. The Morgan fingerprint density at radius 3 is 1.90 bits per heavy atom. The zero-order valence-corrected chi connectivity index (χ0v) is 12.0. The second-order valence-corrected chi connectivity index (χ2v) is 5.07. The normalized spacial score (nSPS) is 10.3. The summed E-state index contributed by atoms with van der Waals surface area (Å²) in [6.45, 7) is 2.09. The van der Waals surface area contributed by atoms with Crippen LogP contribution < -0.4 is 10.6 Å². The molecule has 0 atom stereocenters. The first-order valence-electron chi connectivity index (χ1n) is 7.02. The smallest absolute Gasteiger partial charge is 0.0691 e. The van der Waals surface area contributed by atoms with Gasteiger partial charge in [-0.05, 0) is 43.3 Å². The van der Waals surface area contributed by atoms with Gasteiger partial charge in [-0.25, -0.2) is 0 Å². The molecule has 0 heterocycles. The topological polar surface area (TPSA) is 29.3 Å². The SMILES string of the molecule is Cc1ccc(N(c2ccccc2)c2ccccc2N)cc1. The third-order valence-corrected chi connectivity index (χ3v) is 3.48. The van der Waals surface area contributed by atoms with Gasteiger partial charge in [0, 0.05) is 11.4 Å². The van der Waals surface area contributed by atoms with E-state index in [9.17, 15) is 0 Å². The molecule has 3 aromatic carbocycles. The highest BCUT2D eigenvalue weighted by Crippen LogP contribution is 2.37. The van der Waals surface area contributed by atoms with Crippen LogP contribution in [-0.4, -0.2) is 0 Å². The van der Waals surface area contributed by atoms with Crippen molar-refractivity contribution in [3.05, 3.63) is 84.4 Å². The van der Waals surface area contributed by atoms with Crippen molar-refractivity contribution in [2.24, 2.45) is 0 Å². The van der Waals surface area contributed by atoms with E-state index in [1.165, 1.54) is 5.56 Å². The molecule has 3 aromatic rings. The largest absolute Gasteiger partial charge is 0.397 e. The fraction of sp³-hybridized carbons (Fsp3) is 0.0526. The van der Waals surface area contributed by atoms with Crippen molar-refractivity contribution in [1.29, 1.82) is 0 Å². The molecule has 0 bridgehead atoms. The Kier molecular flexibility index (Phi) is 3.61. The van der Waals surface area contributed by atoms with E-state index in [0.717, 1.165) is 22.7 Å². The van der Waals surface area contributed by atoms with Crippen LogP contribution in [0.5, 0.6) is 0 Å². The number of aryl methyl sites for hydroxylation is 1. The molecular formula is C19H18N2. The predicted molar refractivity (Wildman–Crippen MR) is 90.3 cm³/mol. The first-order valence-corrected chi connectivity index (χ1v) is 7.02. The van der Waals surface area contributed by atoms with Crippen molar-refractivity contribution in [3.63, 3.8) is 0 Å². The van der Waals surface area contributed by atoms with Gasteiger partial charge in [0.05, 0.1) is 11.4 Å². The molecular weight excluding hydrogens is 256 g/mol. The van der Waals surface area contributed by atoms with E-state index in [1.54, 1.807) is 0 Å². The van der Waals surface area contributed by atoms with Gasteiger partial charge in [0.25, 0.3) is 0 Å². The van der Waals surface area contributed by atoms with E-state index in [-0.39, 0.29) is 0 Å². The third-order valence-electron chi connectivity index (χ3n) is 3.48. The molecule has 2 nitrogen and oxygen atoms in total. The summed E-state index contributed by atoms with van der Waals surface area (Å²) in [6, 6.07) is 26.7. The van der Waals surface area contributed by atoms with Crippen molar-refractivity contribution >= 4 is 22.7 Å². The second kappa shape index (κ2) is 5.71. The van der Waals surface area contributed by atoms with E-state index >= 15 is 0 Å². The molecule has 0 aromatic heterocycles. The summed E-state index contributed by atoms with van der Waals surface area (Å²) < 4.78 is 0. The standard InChI is InChI=1S/C19H18N2/c1-15-11-13-17(14-12-15)21(16-7-3-2-4-8-16)19-10-6-5-9-18(19)20/h2-14H,20H2,1H3. The number of nitrogens with zero attached hydrogens (tertiary/aromatic N) is 1. The lowest BCUT2D eigenvalue weighted by molar-refractivity contribution is 1.28. The minimum Gasteiger partial charge on any atom is -0.397 e. The predicted octanol–water partition coefficient (Wildman–Crippen LogP) is 5.05. The minimum absolute atomic E-state index is 0.766. The van der Waals surface area contributed by atoms with Crippen LogP contribution in [0.3, 0.4) is 0 Å².